The summed E-state index contributed by atoms with van der Waals surface area (Å²) in [4.78, 5) is 4.72. The lowest BCUT2D eigenvalue weighted by atomic mass is 9.96. The van der Waals surface area contributed by atoms with E-state index in [1.54, 1.807) is 0 Å². The van der Waals surface area contributed by atoms with E-state index in [4.69, 9.17) is 0 Å². The van der Waals surface area contributed by atoms with Gasteiger partial charge in [0.25, 0.3) is 0 Å². The highest BCUT2D eigenvalue weighted by atomic mass is 16.3. The predicted octanol–water partition coefficient (Wildman–Crippen LogP) is 3.26. The monoisotopic (exact) mass is 304 g/mol. The molecule has 1 saturated heterocycles. The molecular formula is C19H32N2O. The maximum Gasteiger partial charge on any atom is 0.0916 e. The van der Waals surface area contributed by atoms with Crippen molar-refractivity contribution in [3.05, 3.63) is 35.4 Å². The number of aliphatic hydroxyl groups is 1. The predicted molar refractivity (Wildman–Crippen MR) is 93.3 cm³/mol. The van der Waals surface area contributed by atoms with E-state index in [9.17, 15) is 5.11 Å². The standard InChI is InChI=1S/C19H32N2O/c1-5-15(2)16-6-8-17(9-7-16)19(22)14-21(4)18-10-12-20(3)13-11-18/h6-9,15,18-19,22H,5,10-14H2,1-4H3. The number of nitrogens with zero attached hydrogens (tertiary/aromatic N) is 2. The van der Waals surface area contributed by atoms with Gasteiger partial charge in [-0.05, 0) is 63.5 Å². The molecule has 124 valence electrons. The molecule has 1 aliphatic rings. The lowest BCUT2D eigenvalue weighted by Crippen LogP contribution is -2.43. The Labute approximate surface area is 135 Å². The van der Waals surface area contributed by atoms with Gasteiger partial charge in [0.05, 0.1) is 6.10 Å². The number of likely N-dealkylation sites (N-methyl/N-ethyl adjacent to an activating group) is 1. The van der Waals surface area contributed by atoms with E-state index in [2.05, 4.69) is 62.0 Å². The first-order valence-corrected chi connectivity index (χ1v) is 8.68. The van der Waals surface area contributed by atoms with Gasteiger partial charge in [0.2, 0.25) is 0 Å². The number of piperidine rings is 1. The number of hydrogen-bond acceptors (Lipinski definition) is 3. The van der Waals surface area contributed by atoms with Gasteiger partial charge in [0.15, 0.2) is 0 Å². The van der Waals surface area contributed by atoms with E-state index in [1.807, 2.05) is 0 Å². The molecule has 1 fully saturated rings. The molecule has 0 aromatic heterocycles. The van der Waals surface area contributed by atoms with Crippen LogP contribution in [0.1, 0.15) is 56.3 Å². The van der Waals surface area contributed by atoms with Gasteiger partial charge in [0.1, 0.15) is 0 Å². The van der Waals surface area contributed by atoms with Crippen molar-refractivity contribution in [1.82, 2.24) is 9.80 Å². The molecule has 0 spiro atoms. The Morgan fingerprint density at radius 2 is 1.73 bits per heavy atom. The number of aliphatic hydroxyl groups excluding tert-OH is 1. The summed E-state index contributed by atoms with van der Waals surface area (Å²) in [5.74, 6) is 0.591. The van der Waals surface area contributed by atoms with Crippen molar-refractivity contribution in [3.63, 3.8) is 0 Å². The molecular weight excluding hydrogens is 272 g/mol. The zero-order chi connectivity index (χ0) is 16.1. The fourth-order valence-corrected chi connectivity index (χ4v) is 3.25. The summed E-state index contributed by atoms with van der Waals surface area (Å²) in [5.41, 5.74) is 2.40. The lowest BCUT2D eigenvalue weighted by Gasteiger charge is -2.36. The summed E-state index contributed by atoms with van der Waals surface area (Å²) in [5, 5.41) is 10.5. The van der Waals surface area contributed by atoms with Crippen LogP contribution in [-0.4, -0.2) is 54.7 Å². The molecule has 1 aromatic rings. The van der Waals surface area contributed by atoms with Crippen molar-refractivity contribution < 1.29 is 5.11 Å². The first-order valence-electron chi connectivity index (χ1n) is 8.68. The third kappa shape index (κ3) is 4.55. The van der Waals surface area contributed by atoms with Gasteiger partial charge in [0, 0.05) is 12.6 Å². The molecule has 1 heterocycles. The van der Waals surface area contributed by atoms with E-state index in [0.29, 0.717) is 12.0 Å². The Balaban J connectivity index is 1.89. The highest BCUT2D eigenvalue weighted by Gasteiger charge is 2.22. The number of likely N-dealkylation sites (tertiary alicyclic amines) is 1. The van der Waals surface area contributed by atoms with E-state index in [-0.39, 0.29) is 0 Å². The Hall–Kier alpha value is -0.900. The summed E-state index contributed by atoms with van der Waals surface area (Å²) >= 11 is 0. The largest absolute Gasteiger partial charge is 0.387 e. The summed E-state index contributed by atoms with van der Waals surface area (Å²) < 4.78 is 0. The van der Waals surface area contributed by atoms with E-state index < -0.39 is 6.10 Å². The average Bonchev–Trinajstić information content (AvgIpc) is 2.54. The van der Waals surface area contributed by atoms with Crippen molar-refractivity contribution in [1.29, 1.82) is 0 Å². The molecule has 2 rings (SSSR count). The van der Waals surface area contributed by atoms with Crippen LogP contribution in [0.25, 0.3) is 0 Å². The van der Waals surface area contributed by atoms with Crippen LogP contribution < -0.4 is 0 Å². The number of hydrogen-bond donors (Lipinski definition) is 1. The van der Waals surface area contributed by atoms with Gasteiger partial charge < -0.3 is 14.9 Å². The fourth-order valence-electron chi connectivity index (χ4n) is 3.25. The van der Waals surface area contributed by atoms with Crippen molar-refractivity contribution in [2.45, 2.75) is 51.2 Å². The third-order valence-corrected chi connectivity index (χ3v) is 5.28. The molecule has 0 amide bonds. The number of benzene rings is 1. The lowest BCUT2D eigenvalue weighted by molar-refractivity contribution is 0.0788. The quantitative estimate of drug-likeness (QED) is 0.874. The molecule has 22 heavy (non-hydrogen) atoms. The molecule has 1 N–H and O–H groups in total. The highest BCUT2D eigenvalue weighted by Crippen LogP contribution is 2.23. The summed E-state index contributed by atoms with van der Waals surface area (Å²) in [6.45, 7) is 7.50. The molecule has 2 unspecified atom stereocenters. The van der Waals surface area contributed by atoms with Crippen LogP contribution >= 0.6 is 0 Å². The zero-order valence-electron chi connectivity index (χ0n) is 14.6. The van der Waals surface area contributed by atoms with Crippen LogP contribution in [0.3, 0.4) is 0 Å². The van der Waals surface area contributed by atoms with Crippen LogP contribution in [0.15, 0.2) is 24.3 Å². The Morgan fingerprint density at radius 1 is 1.18 bits per heavy atom. The molecule has 0 aliphatic carbocycles. The smallest absolute Gasteiger partial charge is 0.0916 e. The maximum atomic E-state index is 10.5. The van der Waals surface area contributed by atoms with Gasteiger partial charge in [-0.3, -0.25) is 0 Å². The normalized spacial score (nSPS) is 20.3. The minimum Gasteiger partial charge on any atom is -0.387 e. The SMILES string of the molecule is CCC(C)c1ccc(C(O)CN(C)C2CCN(C)CC2)cc1. The van der Waals surface area contributed by atoms with Crippen LogP contribution in [0, 0.1) is 0 Å². The molecule has 3 heteroatoms. The van der Waals surface area contributed by atoms with Gasteiger partial charge in [-0.1, -0.05) is 38.1 Å². The molecule has 2 atom stereocenters. The minimum atomic E-state index is -0.393. The Bertz CT molecular complexity index is 437. The second-order valence-corrected chi connectivity index (χ2v) is 6.97. The van der Waals surface area contributed by atoms with Crippen molar-refractivity contribution in [2.75, 3.05) is 33.7 Å². The molecule has 0 bridgehead atoms. The average molecular weight is 304 g/mol. The van der Waals surface area contributed by atoms with Crippen molar-refractivity contribution in [3.8, 4) is 0 Å². The second-order valence-electron chi connectivity index (χ2n) is 6.97. The van der Waals surface area contributed by atoms with Crippen molar-refractivity contribution in [2.24, 2.45) is 0 Å². The van der Waals surface area contributed by atoms with Crippen LogP contribution in [-0.2, 0) is 0 Å². The third-order valence-electron chi connectivity index (χ3n) is 5.28. The summed E-state index contributed by atoms with van der Waals surface area (Å²) in [6.07, 6.45) is 3.16. The van der Waals surface area contributed by atoms with Gasteiger partial charge >= 0.3 is 0 Å². The van der Waals surface area contributed by atoms with Gasteiger partial charge in [-0.25, -0.2) is 0 Å². The van der Waals surface area contributed by atoms with Gasteiger partial charge in [-0.2, -0.15) is 0 Å². The molecule has 0 saturated carbocycles. The molecule has 0 radical (unpaired) electrons. The van der Waals surface area contributed by atoms with E-state index in [1.165, 1.54) is 18.4 Å². The minimum absolute atomic E-state index is 0.393. The Morgan fingerprint density at radius 3 is 2.27 bits per heavy atom. The topological polar surface area (TPSA) is 26.7 Å². The van der Waals surface area contributed by atoms with E-state index >= 15 is 0 Å². The first-order chi connectivity index (χ1) is 10.5. The second kappa shape index (κ2) is 8.09. The Kier molecular flexibility index (Phi) is 6.42. The number of rotatable bonds is 6. The first kappa shape index (κ1) is 17.5. The van der Waals surface area contributed by atoms with Gasteiger partial charge in [-0.15, -0.1) is 0 Å². The summed E-state index contributed by atoms with van der Waals surface area (Å²) in [6, 6.07) is 9.12. The molecule has 1 aliphatic heterocycles. The molecule has 1 aromatic carbocycles. The highest BCUT2D eigenvalue weighted by molar-refractivity contribution is 5.26. The summed E-state index contributed by atoms with van der Waals surface area (Å²) in [7, 11) is 4.33. The van der Waals surface area contributed by atoms with Crippen LogP contribution in [0.5, 0.6) is 0 Å². The van der Waals surface area contributed by atoms with E-state index in [0.717, 1.165) is 31.6 Å². The maximum absolute atomic E-state index is 10.5. The van der Waals surface area contributed by atoms with Crippen LogP contribution in [0.4, 0.5) is 0 Å². The zero-order valence-corrected chi connectivity index (χ0v) is 14.6. The van der Waals surface area contributed by atoms with Crippen molar-refractivity contribution >= 4 is 0 Å². The van der Waals surface area contributed by atoms with Crippen LogP contribution in [0.2, 0.25) is 0 Å². The fraction of sp³-hybridized carbons (Fsp3) is 0.684. The molecule has 3 nitrogen and oxygen atoms in total.